The van der Waals surface area contributed by atoms with Crippen molar-refractivity contribution in [3.8, 4) is 0 Å². The number of aliphatic hydroxyl groups excluding tert-OH is 2. The number of rotatable bonds is 6. The molecule has 0 heterocycles. The number of carbonyl (C=O) groups excluding carboxylic acids is 1. The number of hydrogen-bond acceptors (Lipinski definition) is 5. The van der Waals surface area contributed by atoms with Gasteiger partial charge in [0.25, 0.3) is 0 Å². The summed E-state index contributed by atoms with van der Waals surface area (Å²) in [5.74, 6) is -0.822. The molecule has 0 aliphatic rings. The number of aliphatic hydroxyl groups is 2. The topological polar surface area (TPSA) is 66.8 Å². The van der Waals surface area contributed by atoms with Gasteiger partial charge in [-0.1, -0.05) is 42.1 Å². The number of hydrogen-bond donors (Lipinski definition) is 2. The van der Waals surface area contributed by atoms with Crippen molar-refractivity contribution in [2.75, 3.05) is 6.61 Å². The van der Waals surface area contributed by atoms with Gasteiger partial charge in [-0.3, -0.25) is 0 Å². The first kappa shape index (κ1) is 16.5. The van der Waals surface area contributed by atoms with E-state index in [4.69, 9.17) is 4.74 Å². The van der Waals surface area contributed by atoms with E-state index >= 15 is 0 Å². The molecule has 2 N–H and O–H groups in total. The average Bonchev–Trinajstić information content (AvgIpc) is 2.55. The summed E-state index contributed by atoms with van der Waals surface area (Å²) in [5, 5.41) is 19.8. The fraction of sp³-hybridized carbons (Fsp3) is 0.235. The van der Waals surface area contributed by atoms with E-state index in [1.54, 1.807) is 30.8 Å². The van der Waals surface area contributed by atoms with Crippen molar-refractivity contribution in [2.24, 2.45) is 0 Å². The SMILES string of the molecule is CCOC(=O)C(O)C(O)c1ccc(Sc2ccccc2)cc1. The van der Waals surface area contributed by atoms with Gasteiger partial charge in [-0.25, -0.2) is 4.79 Å². The zero-order valence-corrected chi connectivity index (χ0v) is 13.0. The highest BCUT2D eigenvalue weighted by atomic mass is 32.2. The highest BCUT2D eigenvalue weighted by Crippen LogP contribution is 2.28. The molecule has 0 fully saturated rings. The lowest BCUT2D eigenvalue weighted by molar-refractivity contribution is -0.159. The summed E-state index contributed by atoms with van der Waals surface area (Å²) < 4.78 is 4.70. The van der Waals surface area contributed by atoms with E-state index in [0.717, 1.165) is 9.79 Å². The van der Waals surface area contributed by atoms with Crippen LogP contribution >= 0.6 is 11.8 Å². The second kappa shape index (κ2) is 7.98. The first-order valence-corrected chi connectivity index (χ1v) is 7.79. The molecule has 0 aliphatic carbocycles. The molecule has 2 rings (SSSR count). The fourth-order valence-electron chi connectivity index (χ4n) is 1.90. The van der Waals surface area contributed by atoms with Crippen molar-refractivity contribution in [3.63, 3.8) is 0 Å². The number of ether oxygens (including phenoxy) is 1. The molecule has 0 amide bonds. The minimum Gasteiger partial charge on any atom is -0.464 e. The molecule has 5 heteroatoms. The Morgan fingerprint density at radius 1 is 1.05 bits per heavy atom. The number of benzene rings is 2. The van der Waals surface area contributed by atoms with Crippen LogP contribution in [0.1, 0.15) is 18.6 Å². The van der Waals surface area contributed by atoms with Crippen molar-refractivity contribution < 1.29 is 19.7 Å². The normalized spacial score (nSPS) is 13.4. The predicted octanol–water partition coefficient (Wildman–Crippen LogP) is 2.80. The molecule has 2 aromatic carbocycles. The Labute approximate surface area is 133 Å². The van der Waals surface area contributed by atoms with Gasteiger partial charge in [-0.15, -0.1) is 0 Å². The Morgan fingerprint density at radius 3 is 2.23 bits per heavy atom. The van der Waals surface area contributed by atoms with Gasteiger partial charge >= 0.3 is 5.97 Å². The van der Waals surface area contributed by atoms with Gasteiger partial charge in [0.1, 0.15) is 6.10 Å². The summed E-state index contributed by atoms with van der Waals surface area (Å²) in [6.07, 6.45) is -2.87. The molecule has 0 bridgehead atoms. The average molecular weight is 318 g/mol. The summed E-state index contributed by atoms with van der Waals surface area (Å²) in [7, 11) is 0. The van der Waals surface area contributed by atoms with Gasteiger partial charge < -0.3 is 14.9 Å². The van der Waals surface area contributed by atoms with E-state index in [1.165, 1.54) is 0 Å². The van der Waals surface area contributed by atoms with Crippen LogP contribution in [0.2, 0.25) is 0 Å². The highest BCUT2D eigenvalue weighted by molar-refractivity contribution is 7.99. The molecule has 0 spiro atoms. The minimum absolute atomic E-state index is 0.162. The van der Waals surface area contributed by atoms with Crippen LogP contribution in [0.5, 0.6) is 0 Å². The summed E-state index contributed by atoms with van der Waals surface area (Å²) in [6, 6.07) is 17.0. The van der Waals surface area contributed by atoms with E-state index in [0.29, 0.717) is 5.56 Å². The maximum absolute atomic E-state index is 11.4. The Morgan fingerprint density at radius 2 is 1.64 bits per heavy atom. The number of esters is 1. The van der Waals surface area contributed by atoms with E-state index < -0.39 is 18.2 Å². The maximum atomic E-state index is 11.4. The van der Waals surface area contributed by atoms with Crippen molar-refractivity contribution in [3.05, 3.63) is 60.2 Å². The van der Waals surface area contributed by atoms with Crippen LogP contribution in [0.4, 0.5) is 0 Å². The van der Waals surface area contributed by atoms with Crippen molar-refractivity contribution in [1.29, 1.82) is 0 Å². The quantitative estimate of drug-likeness (QED) is 0.802. The molecule has 2 atom stereocenters. The van der Waals surface area contributed by atoms with Crippen molar-refractivity contribution >= 4 is 17.7 Å². The largest absolute Gasteiger partial charge is 0.464 e. The third kappa shape index (κ3) is 4.34. The Bertz CT molecular complexity index is 598. The lowest BCUT2D eigenvalue weighted by Gasteiger charge is -2.17. The van der Waals surface area contributed by atoms with Crippen LogP contribution in [0.3, 0.4) is 0 Å². The van der Waals surface area contributed by atoms with Gasteiger partial charge in [-0.05, 0) is 36.8 Å². The third-order valence-electron chi connectivity index (χ3n) is 3.03. The molecule has 4 nitrogen and oxygen atoms in total. The van der Waals surface area contributed by atoms with Crippen LogP contribution in [-0.2, 0) is 9.53 Å². The summed E-state index contributed by atoms with van der Waals surface area (Å²) >= 11 is 1.60. The van der Waals surface area contributed by atoms with Crippen molar-refractivity contribution in [1.82, 2.24) is 0 Å². The second-order valence-electron chi connectivity index (χ2n) is 4.63. The maximum Gasteiger partial charge on any atom is 0.338 e. The molecule has 0 aromatic heterocycles. The highest BCUT2D eigenvalue weighted by Gasteiger charge is 2.26. The van der Waals surface area contributed by atoms with E-state index in [9.17, 15) is 15.0 Å². The van der Waals surface area contributed by atoms with Crippen LogP contribution in [0, 0.1) is 0 Å². The fourth-order valence-corrected chi connectivity index (χ4v) is 2.73. The molecule has 2 aromatic rings. The Hall–Kier alpha value is -1.82. The molecule has 0 saturated heterocycles. The van der Waals surface area contributed by atoms with E-state index in [-0.39, 0.29) is 6.61 Å². The minimum atomic E-state index is -1.58. The van der Waals surface area contributed by atoms with Crippen molar-refractivity contribution in [2.45, 2.75) is 28.9 Å². The first-order chi connectivity index (χ1) is 10.6. The van der Waals surface area contributed by atoms with Crippen LogP contribution < -0.4 is 0 Å². The Kier molecular flexibility index (Phi) is 6.00. The summed E-state index contributed by atoms with van der Waals surface area (Å²) in [5.41, 5.74) is 0.470. The molecule has 0 radical (unpaired) electrons. The lowest BCUT2D eigenvalue weighted by Crippen LogP contribution is -2.29. The predicted molar refractivity (Wildman–Crippen MR) is 84.6 cm³/mol. The standard InChI is InChI=1S/C17H18O4S/c1-2-21-17(20)16(19)15(18)12-8-10-14(11-9-12)22-13-6-4-3-5-7-13/h3-11,15-16,18-19H,2H2,1H3. The summed E-state index contributed by atoms with van der Waals surface area (Å²) in [4.78, 5) is 13.6. The zero-order chi connectivity index (χ0) is 15.9. The Balaban J connectivity index is 2.03. The molecular weight excluding hydrogens is 300 g/mol. The second-order valence-corrected chi connectivity index (χ2v) is 5.77. The molecule has 0 aliphatic heterocycles. The van der Waals surface area contributed by atoms with Gasteiger partial charge in [-0.2, -0.15) is 0 Å². The van der Waals surface area contributed by atoms with Gasteiger partial charge in [0.05, 0.1) is 6.61 Å². The van der Waals surface area contributed by atoms with Crippen LogP contribution in [0.25, 0.3) is 0 Å². The van der Waals surface area contributed by atoms with E-state index in [2.05, 4.69) is 0 Å². The molecule has 2 unspecified atom stereocenters. The molecular formula is C17H18O4S. The number of carbonyl (C=O) groups is 1. The van der Waals surface area contributed by atoms with Crippen LogP contribution in [-0.4, -0.2) is 28.9 Å². The zero-order valence-electron chi connectivity index (χ0n) is 12.2. The molecule has 0 saturated carbocycles. The smallest absolute Gasteiger partial charge is 0.338 e. The molecule has 22 heavy (non-hydrogen) atoms. The summed E-state index contributed by atoms with van der Waals surface area (Å²) in [6.45, 7) is 1.81. The van der Waals surface area contributed by atoms with Gasteiger partial charge in [0, 0.05) is 9.79 Å². The monoisotopic (exact) mass is 318 g/mol. The first-order valence-electron chi connectivity index (χ1n) is 6.97. The van der Waals surface area contributed by atoms with Gasteiger partial charge in [0.2, 0.25) is 0 Å². The third-order valence-corrected chi connectivity index (χ3v) is 4.04. The van der Waals surface area contributed by atoms with Gasteiger partial charge in [0.15, 0.2) is 6.10 Å². The van der Waals surface area contributed by atoms with Crippen LogP contribution in [0.15, 0.2) is 64.4 Å². The lowest BCUT2D eigenvalue weighted by atomic mass is 10.0. The van der Waals surface area contributed by atoms with E-state index in [1.807, 2.05) is 42.5 Å². The molecule has 116 valence electrons.